The number of carbonyl (C=O) groups excluding carboxylic acids is 1. The molecule has 0 radical (unpaired) electrons. The van der Waals surface area contributed by atoms with Gasteiger partial charge in [0, 0.05) is 13.0 Å². The van der Waals surface area contributed by atoms with Gasteiger partial charge in [-0.15, -0.1) is 0 Å². The monoisotopic (exact) mass is 271 g/mol. The van der Waals surface area contributed by atoms with Crippen LogP contribution in [0.1, 0.15) is 52.9 Å². The summed E-state index contributed by atoms with van der Waals surface area (Å²) in [6, 6.07) is 0. The molecule has 2 unspecified atom stereocenters. The van der Waals surface area contributed by atoms with Gasteiger partial charge in [-0.1, -0.05) is 13.8 Å². The summed E-state index contributed by atoms with van der Waals surface area (Å²) in [4.78, 5) is 12.1. The fourth-order valence-electron chi connectivity index (χ4n) is 2.62. The summed E-state index contributed by atoms with van der Waals surface area (Å²) < 4.78 is 11.1. The summed E-state index contributed by atoms with van der Waals surface area (Å²) in [5, 5.41) is 3.18. The molecule has 0 aromatic carbocycles. The Bertz CT molecular complexity index is 281. The van der Waals surface area contributed by atoms with E-state index in [1.54, 1.807) is 0 Å². The van der Waals surface area contributed by atoms with Crippen molar-refractivity contribution in [2.45, 2.75) is 64.5 Å². The zero-order valence-corrected chi connectivity index (χ0v) is 12.8. The van der Waals surface area contributed by atoms with Gasteiger partial charge in [-0.25, -0.2) is 0 Å². The first-order valence-electron chi connectivity index (χ1n) is 7.51. The van der Waals surface area contributed by atoms with Crippen LogP contribution < -0.4 is 5.32 Å². The molecule has 2 atom stereocenters. The highest BCUT2D eigenvalue weighted by Crippen LogP contribution is 2.31. The summed E-state index contributed by atoms with van der Waals surface area (Å²) in [5.74, 6) is 0.525. The van der Waals surface area contributed by atoms with Crippen molar-refractivity contribution in [1.29, 1.82) is 0 Å². The average Bonchev–Trinajstić information content (AvgIpc) is 2.38. The third kappa shape index (κ3) is 4.77. The predicted molar refractivity (Wildman–Crippen MR) is 76.1 cm³/mol. The topological polar surface area (TPSA) is 47.6 Å². The smallest absolute Gasteiger partial charge is 0.326 e. The summed E-state index contributed by atoms with van der Waals surface area (Å²) in [6.07, 6.45) is 4.85. The lowest BCUT2D eigenvalue weighted by molar-refractivity contribution is -0.155. The Morgan fingerprint density at radius 1 is 1.47 bits per heavy atom. The highest BCUT2D eigenvalue weighted by molar-refractivity contribution is 5.81. The maximum absolute atomic E-state index is 12.1. The third-order valence-corrected chi connectivity index (χ3v) is 3.90. The van der Waals surface area contributed by atoms with Gasteiger partial charge in [-0.2, -0.15) is 0 Å². The number of nitrogens with one attached hydrogen (secondary N) is 1. The molecule has 0 aliphatic heterocycles. The van der Waals surface area contributed by atoms with Crippen molar-refractivity contribution in [1.82, 2.24) is 5.32 Å². The van der Waals surface area contributed by atoms with Gasteiger partial charge < -0.3 is 14.8 Å². The van der Waals surface area contributed by atoms with Gasteiger partial charge in [0.25, 0.3) is 0 Å². The molecule has 0 saturated heterocycles. The normalized spacial score (nSPS) is 27.5. The van der Waals surface area contributed by atoms with Crippen LogP contribution in [-0.4, -0.2) is 37.9 Å². The second-order valence-electron chi connectivity index (χ2n) is 5.82. The Hall–Kier alpha value is -0.610. The van der Waals surface area contributed by atoms with Crippen LogP contribution in [0, 0.1) is 5.92 Å². The van der Waals surface area contributed by atoms with Crippen molar-refractivity contribution in [3.63, 3.8) is 0 Å². The molecular weight excluding hydrogens is 242 g/mol. The van der Waals surface area contributed by atoms with E-state index in [0.29, 0.717) is 12.5 Å². The van der Waals surface area contributed by atoms with Crippen LogP contribution in [0.15, 0.2) is 0 Å². The zero-order chi connectivity index (χ0) is 14.3. The molecule has 0 aromatic rings. The second-order valence-corrected chi connectivity index (χ2v) is 5.82. The highest BCUT2D eigenvalue weighted by Gasteiger charge is 2.43. The number of esters is 1. The van der Waals surface area contributed by atoms with Crippen molar-refractivity contribution in [3.8, 4) is 0 Å². The number of hydrogen-bond donors (Lipinski definition) is 1. The van der Waals surface area contributed by atoms with Crippen LogP contribution in [0.2, 0.25) is 0 Å². The van der Waals surface area contributed by atoms with Crippen molar-refractivity contribution in [2.75, 3.05) is 20.3 Å². The lowest BCUT2D eigenvalue weighted by Gasteiger charge is -2.38. The van der Waals surface area contributed by atoms with E-state index in [-0.39, 0.29) is 12.1 Å². The Balaban J connectivity index is 2.52. The lowest BCUT2D eigenvalue weighted by atomic mass is 9.80. The number of rotatable bonds is 7. The minimum atomic E-state index is -0.545. The van der Waals surface area contributed by atoms with Gasteiger partial charge >= 0.3 is 5.97 Å². The molecule has 0 spiro atoms. The highest BCUT2D eigenvalue weighted by atomic mass is 16.5. The lowest BCUT2D eigenvalue weighted by Crippen LogP contribution is -2.55. The van der Waals surface area contributed by atoms with Gasteiger partial charge in [-0.3, -0.25) is 4.79 Å². The first kappa shape index (κ1) is 16.4. The molecule has 19 heavy (non-hydrogen) atoms. The second kappa shape index (κ2) is 7.85. The maximum Gasteiger partial charge on any atom is 0.326 e. The summed E-state index contributed by atoms with van der Waals surface area (Å²) in [7, 11) is 1.84. The van der Waals surface area contributed by atoms with E-state index in [1.165, 1.54) is 0 Å². The molecule has 1 aliphatic carbocycles. The first-order valence-corrected chi connectivity index (χ1v) is 7.51. The maximum atomic E-state index is 12.1. The van der Waals surface area contributed by atoms with E-state index in [2.05, 4.69) is 19.2 Å². The molecule has 112 valence electrons. The standard InChI is InChI=1S/C15H29NO3/c1-5-18-14(17)15(16-4)9-6-7-13(11-15)19-10-8-12(2)3/h12-13,16H,5-11H2,1-4H3. The van der Waals surface area contributed by atoms with Gasteiger partial charge in [0.1, 0.15) is 5.54 Å². The van der Waals surface area contributed by atoms with Gasteiger partial charge in [0.2, 0.25) is 0 Å². The van der Waals surface area contributed by atoms with E-state index in [4.69, 9.17) is 9.47 Å². The van der Waals surface area contributed by atoms with Crippen molar-refractivity contribution in [3.05, 3.63) is 0 Å². The molecule has 0 heterocycles. The molecule has 1 rings (SSSR count). The Morgan fingerprint density at radius 2 is 2.21 bits per heavy atom. The van der Waals surface area contributed by atoms with Gasteiger partial charge in [-0.05, 0) is 45.6 Å². The van der Waals surface area contributed by atoms with E-state index >= 15 is 0 Å². The van der Waals surface area contributed by atoms with Gasteiger partial charge in [0.05, 0.1) is 12.7 Å². The molecule has 1 fully saturated rings. The number of ether oxygens (including phenoxy) is 2. The van der Waals surface area contributed by atoms with E-state index in [9.17, 15) is 4.79 Å². The van der Waals surface area contributed by atoms with Crippen LogP contribution in [0.5, 0.6) is 0 Å². The minimum Gasteiger partial charge on any atom is -0.465 e. The molecule has 1 saturated carbocycles. The Morgan fingerprint density at radius 3 is 2.79 bits per heavy atom. The number of likely N-dealkylation sites (N-methyl/N-ethyl adjacent to an activating group) is 1. The van der Waals surface area contributed by atoms with Crippen LogP contribution in [0.3, 0.4) is 0 Å². The number of carbonyl (C=O) groups is 1. The molecule has 4 heteroatoms. The first-order chi connectivity index (χ1) is 9.04. The quantitative estimate of drug-likeness (QED) is 0.723. The van der Waals surface area contributed by atoms with Crippen LogP contribution in [0.4, 0.5) is 0 Å². The van der Waals surface area contributed by atoms with Crippen molar-refractivity contribution in [2.24, 2.45) is 5.92 Å². The Kier molecular flexibility index (Phi) is 6.80. The van der Waals surface area contributed by atoms with Crippen LogP contribution in [-0.2, 0) is 14.3 Å². The zero-order valence-electron chi connectivity index (χ0n) is 12.8. The molecule has 1 N–H and O–H groups in total. The third-order valence-electron chi connectivity index (χ3n) is 3.90. The fraction of sp³-hybridized carbons (Fsp3) is 0.933. The van der Waals surface area contributed by atoms with Gasteiger partial charge in [0.15, 0.2) is 0 Å². The molecule has 4 nitrogen and oxygen atoms in total. The van der Waals surface area contributed by atoms with Crippen molar-refractivity contribution < 1.29 is 14.3 Å². The number of hydrogen-bond acceptors (Lipinski definition) is 4. The van der Waals surface area contributed by atoms with Crippen LogP contribution in [0.25, 0.3) is 0 Å². The summed E-state index contributed by atoms with van der Waals surface area (Å²) in [5.41, 5.74) is -0.545. The van der Waals surface area contributed by atoms with E-state index < -0.39 is 5.54 Å². The molecule has 0 amide bonds. The molecule has 0 aromatic heterocycles. The molecular formula is C15H29NO3. The molecule has 0 bridgehead atoms. The summed E-state index contributed by atoms with van der Waals surface area (Å²) in [6.45, 7) is 7.45. The SMILES string of the molecule is CCOC(=O)C1(NC)CCCC(OCCC(C)C)C1. The van der Waals surface area contributed by atoms with Crippen LogP contribution >= 0.6 is 0 Å². The average molecular weight is 271 g/mol. The largest absolute Gasteiger partial charge is 0.465 e. The summed E-state index contributed by atoms with van der Waals surface area (Å²) >= 11 is 0. The van der Waals surface area contributed by atoms with E-state index in [0.717, 1.165) is 38.7 Å². The van der Waals surface area contributed by atoms with E-state index in [1.807, 2.05) is 14.0 Å². The minimum absolute atomic E-state index is 0.130. The Labute approximate surface area is 117 Å². The fourth-order valence-corrected chi connectivity index (χ4v) is 2.62. The van der Waals surface area contributed by atoms with Crippen molar-refractivity contribution >= 4 is 5.97 Å². The predicted octanol–water partition coefficient (Wildman–Crippen LogP) is 2.51. The molecule has 1 aliphatic rings.